The summed E-state index contributed by atoms with van der Waals surface area (Å²) in [7, 11) is 0. The van der Waals surface area contributed by atoms with Gasteiger partial charge in [-0.1, -0.05) is 47.8 Å². The van der Waals surface area contributed by atoms with Gasteiger partial charge >= 0.3 is 0 Å². The minimum absolute atomic E-state index is 0.151. The van der Waals surface area contributed by atoms with Crippen LogP contribution in [0.1, 0.15) is 39.7 Å². The second kappa shape index (κ2) is 11.5. The van der Waals surface area contributed by atoms with E-state index in [-0.39, 0.29) is 24.1 Å². The third-order valence-electron chi connectivity index (χ3n) is 4.42. The molecular formula is C23H27Cl3N2O2S. The van der Waals surface area contributed by atoms with E-state index in [9.17, 15) is 9.59 Å². The molecule has 0 aromatic heterocycles. The van der Waals surface area contributed by atoms with Crippen LogP contribution >= 0.6 is 46.6 Å². The molecule has 0 radical (unpaired) electrons. The average molecular weight is 502 g/mol. The number of hydrogen-bond acceptors (Lipinski definition) is 3. The predicted molar refractivity (Wildman–Crippen MR) is 131 cm³/mol. The van der Waals surface area contributed by atoms with E-state index in [0.717, 1.165) is 10.5 Å². The Kier molecular flexibility index (Phi) is 9.56. The van der Waals surface area contributed by atoms with Crippen molar-refractivity contribution in [1.29, 1.82) is 0 Å². The average Bonchev–Trinajstić information content (AvgIpc) is 2.67. The first-order valence-corrected chi connectivity index (χ1v) is 12.1. The molecule has 2 amide bonds. The molecule has 0 saturated carbocycles. The molecule has 0 spiro atoms. The van der Waals surface area contributed by atoms with E-state index in [1.807, 2.05) is 39.8 Å². The molecule has 1 N–H and O–H groups in total. The van der Waals surface area contributed by atoms with Crippen molar-refractivity contribution < 1.29 is 9.59 Å². The zero-order valence-electron chi connectivity index (χ0n) is 18.0. The highest BCUT2D eigenvalue weighted by molar-refractivity contribution is 8.00. The number of benzene rings is 2. The summed E-state index contributed by atoms with van der Waals surface area (Å²) in [6.45, 7) is 7.85. The summed E-state index contributed by atoms with van der Waals surface area (Å²) in [5.41, 5.74) is 0.327. The Bertz CT molecular complexity index is 914. The molecule has 0 aliphatic carbocycles. The van der Waals surface area contributed by atoms with Crippen LogP contribution in [-0.2, 0) is 16.1 Å². The molecule has 31 heavy (non-hydrogen) atoms. The highest BCUT2D eigenvalue weighted by Crippen LogP contribution is 2.26. The molecule has 4 nitrogen and oxygen atoms in total. The highest BCUT2D eigenvalue weighted by Gasteiger charge is 2.31. The first-order chi connectivity index (χ1) is 14.5. The van der Waals surface area contributed by atoms with Crippen LogP contribution in [-0.4, -0.2) is 34.0 Å². The summed E-state index contributed by atoms with van der Waals surface area (Å²) in [6.07, 6.45) is 0.477. The fourth-order valence-corrected chi connectivity index (χ4v) is 4.34. The van der Waals surface area contributed by atoms with Crippen molar-refractivity contribution in [2.75, 3.05) is 5.75 Å². The predicted octanol–water partition coefficient (Wildman–Crippen LogP) is 6.46. The van der Waals surface area contributed by atoms with Crippen molar-refractivity contribution in [1.82, 2.24) is 10.2 Å². The van der Waals surface area contributed by atoms with Crippen LogP contribution in [0.4, 0.5) is 0 Å². The smallest absolute Gasteiger partial charge is 0.243 e. The molecule has 1 unspecified atom stereocenters. The van der Waals surface area contributed by atoms with Crippen molar-refractivity contribution in [3.8, 4) is 0 Å². The lowest BCUT2D eigenvalue weighted by molar-refractivity contribution is -0.140. The van der Waals surface area contributed by atoms with Gasteiger partial charge in [-0.2, -0.15) is 0 Å². The maximum absolute atomic E-state index is 13.3. The standard InChI is InChI=1S/C23H27Cl3N2O2S/c1-5-20(22(30)27-23(2,3)4)28(13-15-6-7-17(25)12-19(15)26)21(29)14-31-18-10-8-16(24)9-11-18/h6-12,20H,5,13-14H2,1-4H3,(H,27,30). The molecule has 0 fully saturated rings. The highest BCUT2D eigenvalue weighted by atomic mass is 35.5. The molecule has 0 aliphatic heterocycles. The van der Waals surface area contributed by atoms with Crippen molar-refractivity contribution in [2.45, 2.75) is 57.1 Å². The quantitative estimate of drug-likeness (QED) is 0.422. The Morgan fingerprint density at radius 1 is 1.03 bits per heavy atom. The van der Waals surface area contributed by atoms with E-state index in [1.165, 1.54) is 11.8 Å². The number of thioether (sulfide) groups is 1. The van der Waals surface area contributed by atoms with Crippen LogP contribution in [0, 0.1) is 0 Å². The third kappa shape index (κ3) is 8.23. The Hall–Kier alpha value is -1.40. The monoisotopic (exact) mass is 500 g/mol. The lowest BCUT2D eigenvalue weighted by atomic mass is 10.1. The minimum atomic E-state index is -0.621. The van der Waals surface area contributed by atoms with Gasteiger partial charge in [-0.05, 0) is 69.2 Å². The summed E-state index contributed by atoms with van der Waals surface area (Å²) in [5.74, 6) is -0.154. The first-order valence-electron chi connectivity index (χ1n) is 9.94. The molecule has 8 heteroatoms. The van der Waals surface area contributed by atoms with Gasteiger partial charge in [-0.3, -0.25) is 9.59 Å². The summed E-state index contributed by atoms with van der Waals surface area (Å²) in [5, 5.41) is 4.60. The lowest BCUT2D eigenvalue weighted by Crippen LogP contribution is -2.53. The number of nitrogens with one attached hydrogen (secondary N) is 1. The number of nitrogens with zero attached hydrogens (tertiary/aromatic N) is 1. The van der Waals surface area contributed by atoms with Crippen LogP contribution < -0.4 is 5.32 Å². The zero-order valence-corrected chi connectivity index (χ0v) is 21.1. The van der Waals surface area contributed by atoms with E-state index in [0.29, 0.717) is 21.5 Å². The lowest BCUT2D eigenvalue weighted by Gasteiger charge is -2.33. The van der Waals surface area contributed by atoms with E-state index >= 15 is 0 Å². The fraction of sp³-hybridized carbons (Fsp3) is 0.391. The summed E-state index contributed by atoms with van der Waals surface area (Å²) in [6, 6.07) is 11.8. The molecule has 168 valence electrons. The van der Waals surface area contributed by atoms with Gasteiger partial charge in [0, 0.05) is 32.0 Å². The van der Waals surface area contributed by atoms with Gasteiger partial charge in [0.2, 0.25) is 11.8 Å². The number of hydrogen-bond donors (Lipinski definition) is 1. The van der Waals surface area contributed by atoms with Crippen molar-refractivity contribution >= 4 is 58.4 Å². The van der Waals surface area contributed by atoms with Crippen molar-refractivity contribution in [2.24, 2.45) is 0 Å². The van der Waals surface area contributed by atoms with Gasteiger partial charge in [-0.25, -0.2) is 0 Å². The Morgan fingerprint density at radius 2 is 1.65 bits per heavy atom. The maximum atomic E-state index is 13.3. The van der Waals surface area contributed by atoms with E-state index in [1.54, 1.807) is 35.2 Å². The van der Waals surface area contributed by atoms with E-state index < -0.39 is 11.6 Å². The molecular weight excluding hydrogens is 475 g/mol. The maximum Gasteiger partial charge on any atom is 0.243 e. The van der Waals surface area contributed by atoms with Crippen LogP contribution in [0.3, 0.4) is 0 Å². The molecule has 0 heterocycles. The number of halogens is 3. The van der Waals surface area contributed by atoms with Crippen LogP contribution in [0.25, 0.3) is 0 Å². The minimum Gasteiger partial charge on any atom is -0.350 e. The summed E-state index contributed by atoms with van der Waals surface area (Å²) in [4.78, 5) is 28.8. The summed E-state index contributed by atoms with van der Waals surface area (Å²) < 4.78 is 0. The number of carbonyl (C=O) groups is 2. The Balaban J connectivity index is 2.27. The first kappa shape index (κ1) is 25.9. The van der Waals surface area contributed by atoms with Gasteiger partial charge in [-0.15, -0.1) is 11.8 Å². The van der Waals surface area contributed by atoms with Crippen LogP contribution in [0.5, 0.6) is 0 Å². The molecule has 0 aliphatic rings. The third-order valence-corrected chi connectivity index (χ3v) is 6.25. The van der Waals surface area contributed by atoms with Gasteiger partial charge in [0.15, 0.2) is 0 Å². The van der Waals surface area contributed by atoms with Gasteiger partial charge in [0.05, 0.1) is 5.75 Å². The van der Waals surface area contributed by atoms with Gasteiger partial charge in [0.1, 0.15) is 6.04 Å². The van der Waals surface area contributed by atoms with Crippen LogP contribution in [0.2, 0.25) is 15.1 Å². The largest absolute Gasteiger partial charge is 0.350 e. The van der Waals surface area contributed by atoms with Crippen LogP contribution in [0.15, 0.2) is 47.4 Å². The van der Waals surface area contributed by atoms with Gasteiger partial charge < -0.3 is 10.2 Å². The molecule has 0 saturated heterocycles. The zero-order chi connectivity index (χ0) is 23.2. The molecule has 2 aromatic rings. The van der Waals surface area contributed by atoms with Crippen molar-refractivity contribution in [3.63, 3.8) is 0 Å². The normalized spacial score (nSPS) is 12.4. The second-order valence-corrected chi connectivity index (χ2v) is 10.5. The number of carbonyl (C=O) groups excluding carboxylic acids is 2. The summed E-state index contributed by atoms with van der Waals surface area (Å²) >= 11 is 19.7. The number of rotatable bonds is 8. The number of amides is 2. The second-order valence-electron chi connectivity index (χ2n) is 8.16. The molecule has 0 bridgehead atoms. The van der Waals surface area contributed by atoms with Crippen molar-refractivity contribution in [3.05, 3.63) is 63.1 Å². The molecule has 2 aromatic carbocycles. The molecule has 2 rings (SSSR count). The van der Waals surface area contributed by atoms with E-state index in [4.69, 9.17) is 34.8 Å². The Labute approximate surface area is 203 Å². The SMILES string of the molecule is CCC(C(=O)NC(C)(C)C)N(Cc1ccc(Cl)cc1Cl)C(=O)CSc1ccc(Cl)cc1. The Morgan fingerprint density at radius 3 is 2.19 bits per heavy atom. The fourth-order valence-electron chi connectivity index (χ4n) is 2.96. The van der Waals surface area contributed by atoms with E-state index in [2.05, 4.69) is 5.32 Å². The molecule has 1 atom stereocenters. The van der Waals surface area contributed by atoms with Gasteiger partial charge in [0.25, 0.3) is 0 Å². The topological polar surface area (TPSA) is 49.4 Å².